The van der Waals surface area contributed by atoms with Gasteiger partial charge in [-0.2, -0.15) is 0 Å². The predicted octanol–water partition coefficient (Wildman–Crippen LogP) is 2.97. The number of imide groups is 1. The Balaban J connectivity index is 2.00. The highest BCUT2D eigenvalue weighted by atomic mass is 35.5. The molecule has 3 atom stereocenters. The third-order valence-electron chi connectivity index (χ3n) is 4.37. The summed E-state index contributed by atoms with van der Waals surface area (Å²) in [4.78, 5) is 26.1. The number of carbonyl (C=O) groups excluding carboxylic acids is 2. The molecule has 0 aromatic heterocycles. The Bertz CT molecular complexity index is 586. The van der Waals surface area contributed by atoms with E-state index >= 15 is 0 Å². The van der Waals surface area contributed by atoms with Crippen molar-refractivity contribution in [1.82, 2.24) is 0 Å². The topological polar surface area (TPSA) is 57.6 Å². The second kappa shape index (κ2) is 4.77. The monoisotopic (exact) mass is 293 g/mol. The lowest BCUT2D eigenvalue weighted by molar-refractivity contribution is -0.122. The lowest BCUT2D eigenvalue weighted by Crippen LogP contribution is -2.30. The van der Waals surface area contributed by atoms with Gasteiger partial charge in [0.15, 0.2) is 0 Å². The Morgan fingerprint density at radius 2 is 1.90 bits per heavy atom. The number of rotatable bonds is 1. The molecule has 0 radical (unpaired) electrons. The minimum atomic E-state index is -0.246. The quantitative estimate of drug-likeness (QED) is 0.810. The minimum absolute atomic E-state index is 0.0946. The molecule has 3 rings (SSSR count). The number of phenolic OH excluding ortho intramolecular Hbond substituents is 1. The largest absolute Gasteiger partial charge is 0.506 e. The molecule has 20 heavy (non-hydrogen) atoms. The summed E-state index contributed by atoms with van der Waals surface area (Å²) in [5.41, 5.74) is 0.203. The zero-order chi connectivity index (χ0) is 14.4. The first-order valence-corrected chi connectivity index (χ1v) is 7.23. The highest BCUT2D eigenvalue weighted by molar-refractivity contribution is 6.31. The maximum Gasteiger partial charge on any atom is 0.237 e. The van der Waals surface area contributed by atoms with Gasteiger partial charge in [-0.1, -0.05) is 18.5 Å². The van der Waals surface area contributed by atoms with E-state index in [2.05, 4.69) is 6.92 Å². The van der Waals surface area contributed by atoms with Crippen molar-refractivity contribution in [2.75, 3.05) is 4.90 Å². The molecule has 0 unspecified atom stereocenters. The summed E-state index contributed by atoms with van der Waals surface area (Å²) in [7, 11) is 0. The summed E-state index contributed by atoms with van der Waals surface area (Å²) in [6, 6.07) is 4.40. The first kappa shape index (κ1) is 13.4. The van der Waals surface area contributed by atoms with E-state index in [0.717, 1.165) is 24.2 Å². The van der Waals surface area contributed by atoms with E-state index in [1.165, 1.54) is 18.2 Å². The molecule has 2 fully saturated rings. The summed E-state index contributed by atoms with van der Waals surface area (Å²) in [5.74, 6) is -0.529. The number of carbonyl (C=O) groups is 2. The number of nitrogens with zero attached hydrogens (tertiary/aromatic N) is 1. The van der Waals surface area contributed by atoms with Crippen LogP contribution in [-0.4, -0.2) is 16.9 Å². The second-order valence-electron chi connectivity index (χ2n) is 5.78. The Hall–Kier alpha value is -1.55. The summed E-state index contributed by atoms with van der Waals surface area (Å²) in [5, 5.41) is 10.3. The van der Waals surface area contributed by atoms with Crippen LogP contribution >= 0.6 is 11.6 Å². The Kier molecular flexibility index (Phi) is 3.21. The number of fused-ring (bicyclic) bond motifs is 1. The molecule has 5 heteroatoms. The van der Waals surface area contributed by atoms with Crippen molar-refractivity contribution in [3.8, 4) is 5.75 Å². The second-order valence-corrected chi connectivity index (χ2v) is 6.21. The highest BCUT2D eigenvalue weighted by Crippen LogP contribution is 2.44. The van der Waals surface area contributed by atoms with Gasteiger partial charge in [0.25, 0.3) is 0 Å². The van der Waals surface area contributed by atoms with E-state index < -0.39 is 0 Å². The number of amides is 2. The van der Waals surface area contributed by atoms with Crippen LogP contribution in [0.4, 0.5) is 5.69 Å². The van der Waals surface area contributed by atoms with Crippen molar-refractivity contribution >= 4 is 29.1 Å². The summed E-state index contributed by atoms with van der Waals surface area (Å²) in [6.07, 6.45) is 2.46. The molecule has 1 heterocycles. The fraction of sp³-hybridized carbons (Fsp3) is 0.467. The molecule has 1 aliphatic heterocycles. The molecule has 1 N–H and O–H groups in total. The fourth-order valence-electron chi connectivity index (χ4n) is 3.30. The van der Waals surface area contributed by atoms with E-state index in [-0.39, 0.29) is 35.1 Å². The molecule has 1 aromatic carbocycles. The Morgan fingerprint density at radius 3 is 2.65 bits per heavy atom. The molecule has 0 bridgehead atoms. The van der Waals surface area contributed by atoms with Gasteiger partial charge in [-0.25, -0.2) is 4.90 Å². The normalized spacial score (nSPS) is 29.7. The molecular formula is C15H16ClNO3. The number of aromatic hydroxyl groups is 1. The zero-order valence-corrected chi connectivity index (χ0v) is 11.9. The fourth-order valence-corrected chi connectivity index (χ4v) is 3.47. The Morgan fingerprint density at radius 1 is 1.20 bits per heavy atom. The molecule has 1 saturated carbocycles. The van der Waals surface area contributed by atoms with Crippen molar-refractivity contribution in [2.24, 2.45) is 17.8 Å². The number of benzene rings is 1. The number of hydrogen-bond donors (Lipinski definition) is 1. The van der Waals surface area contributed by atoms with E-state index in [1.54, 1.807) is 0 Å². The molecule has 0 spiro atoms. The summed E-state index contributed by atoms with van der Waals surface area (Å²) < 4.78 is 0. The molecular weight excluding hydrogens is 278 g/mol. The number of anilines is 1. The summed E-state index contributed by atoms with van der Waals surface area (Å²) in [6.45, 7) is 2.10. The van der Waals surface area contributed by atoms with E-state index in [4.69, 9.17) is 11.6 Å². The molecule has 2 amide bonds. The molecule has 4 nitrogen and oxygen atoms in total. The van der Waals surface area contributed by atoms with Crippen LogP contribution in [0.15, 0.2) is 18.2 Å². The van der Waals surface area contributed by atoms with E-state index in [9.17, 15) is 14.7 Å². The van der Waals surface area contributed by atoms with Gasteiger partial charge in [0.1, 0.15) is 5.75 Å². The first-order chi connectivity index (χ1) is 9.49. The van der Waals surface area contributed by atoms with Gasteiger partial charge in [-0.15, -0.1) is 0 Å². The maximum atomic E-state index is 12.5. The van der Waals surface area contributed by atoms with Crippen LogP contribution < -0.4 is 4.90 Å². The van der Waals surface area contributed by atoms with Crippen molar-refractivity contribution < 1.29 is 14.7 Å². The van der Waals surface area contributed by atoms with Gasteiger partial charge in [0, 0.05) is 5.02 Å². The van der Waals surface area contributed by atoms with E-state index in [0.29, 0.717) is 10.9 Å². The average molecular weight is 294 g/mol. The third kappa shape index (κ3) is 1.99. The lowest BCUT2D eigenvalue weighted by atomic mass is 9.76. The van der Waals surface area contributed by atoms with Crippen LogP contribution in [0.5, 0.6) is 5.75 Å². The lowest BCUT2D eigenvalue weighted by Gasteiger charge is -2.25. The van der Waals surface area contributed by atoms with Crippen molar-refractivity contribution in [3.63, 3.8) is 0 Å². The molecule has 1 aromatic rings. The first-order valence-electron chi connectivity index (χ1n) is 6.85. The van der Waals surface area contributed by atoms with Crippen LogP contribution in [0.25, 0.3) is 0 Å². The van der Waals surface area contributed by atoms with Gasteiger partial charge < -0.3 is 5.11 Å². The van der Waals surface area contributed by atoms with Crippen LogP contribution in [0, 0.1) is 17.8 Å². The van der Waals surface area contributed by atoms with Gasteiger partial charge >= 0.3 is 0 Å². The standard InChI is InChI=1S/C15H16ClNO3/c1-8-2-4-10-11(6-8)15(20)17(14(10)19)12-7-9(16)3-5-13(12)18/h3,5,7-8,10-11,18H,2,4,6H2,1H3/t8-,10-,11-/m1/s1. The zero-order valence-electron chi connectivity index (χ0n) is 11.2. The number of phenols is 1. The Labute approximate surface area is 122 Å². The van der Waals surface area contributed by atoms with Gasteiger partial charge in [0.05, 0.1) is 17.5 Å². The molecule has 106 valence electrons. The van der Waals surface area contributed by atoms with Crippen LogP contribution in [0.2, 0.25) is 5.02 Å². The van der Waals surface area contributed by atoms with Gasteiger partial charge in [-0.05, 0) is 43.4 Å². The minimum Gasteiger partial charge on any atom is -0.506 e. The van der Waals surface area contributed by atoms with Gasteiger partial charge in [-0.3, -0.25) is 9.59 Å². The maximum absolute atomic E-state index is 12.5. The van der Waals surface area contributed by atoms with E-state index in [1.807, 2.05) is 0 Å². The smallest absolute Gasteiger partial charge is 0.237 e. The molecule has 2 aliphatic rings. The number of halogens is 1. The SMILES string of the molecule is C[C@@H]1CC[C@H]2C(=O)N(c3cc(Cl)ccc3O)C(=O)[C@@H]2C1. The summed E-state index contributed by atoms with van der Waals surface area (Å²) >= 11 is 5.91. The average Bonchev–Trinajstić information content (AvgIpc) is 2.65. The third-order valence-corrected chi connectivity index (χ3v) is 4.60. The van der Waals surface area contributed by atoms with Crippen molar-refractivity contribution in [2.45, 2.75) is 26.2 Å². The number of hydrogen-bond acceptors (Lipinski definition) is 3. The van der Waals surface area contributed by atoms with Crippen LogP contribution in [0.1, 0.15) is 26.2 Å². The highest BCUT2D eigenvalue weighted by Gasteiger charge is 2.50. The van der Waals surface area contributed by atoms with Crippen LogP contribution in [-0.2, 0) is 9.59 Å². The predicted molar refractivity (Wildman–Crippen MR) is 75.6 cm³/mol. The molecule has 1 aliphatic carbocycles. The van der Waals surface area contributed by atoms with Crippen molar-refractivity contribution in [3.05, 3.63) is 23.2 Å². The van der Waals surface area contributed by atoms with Gasteiger partial charge in [0.2, 0.25) is 11.8 Å². The molecule has 1 saturated heterocycles. The van der Waals surface area contributed by atoms with Crippen molar-refractivity contribution in [1.29, 1.82) is 0 Å². The van der Waals surface area contributed by atoms with Crippen LogP contribution in [0.3, 0.4) is 0 Å².